The van der Waals surface area contributed by atoms with Gasteiger partial charge < -0.3 is 5.11 Å². The largest absolute Gasteiger partial charge is 0.511 e. The Balaban J connectivity index is 4.43. The van der Waals surface area contributed by atoms with Gasteiger partial charge in [0.05, 0.1) is 0 Å². The second-order valence-electron chi connectivity index (χ2n) is 1.65. The minimum absolute atomic E-state index is 0.558. The van der Waals surface area contributed by atoms with Crippen LogP contribution in [0.3, 0.4) is 0 Å². The molecule has 0 saturated heterocycles. The second kappa shape index (κ2) is 2.36. The molecular formula is C4H8O4S. The number of hydrogen-bond donors (Lipinski definition) is 2. The first-order valence-corrected chi connectivity index (χ1v) is 3.70. The van der Waals surface area contributed by atoms with Crippen LogP contribution in [0.25, 0.3) is 0 Å². The van der Waals surface area contributed by atoms with Gasteiger partial charge in [-0.3, -0.25) is 4.55 Å². The average molecular weight is 152 g/mol. The third kappa shape index (κ3) is 2.48. The highest BCUT2D eigenvalue weighted by atomic mass is 32.2. The molecule has 1 atom stereocenters. The highest BCUT2D eigenvalue weighted by molar-refractivity contribution is 7.86. The number of aliphatic hydroxyl groups excluding tert-OH is 1. The molecule has 0 aliphatic carbocycles. The van der Waals surface area contributed by atoms with E-state index in [4.69, 9.17) is 9.66 Å². The zero-order valence-corrected chi connectivity index (χ0v) is 5.72. The smallest absolute Gasteiger partial charge is 0.274 e. The van der Waals surface area contributed by atoms with Crippen LogP contribution in [0.15, 0.2) is 12.3 Å². The van der Waals surface area contributed by atoms with Crippen LogP contribution in [0, 0.1) is 0 Å². The molecule has 0 aliphatic heterocycles. The molecule has 54 valence electrons. The molecule has 5 heteroatoms. The lowest BCUT2D eigenvalue weighted by atomic mass is 10.4. The molecule has 0 bridgehead atoms. The Hall–Kier alpha value is -0.550. The van der Waals surface area contributed by atoms with Crippen molar-refractivity contribution in [1.82, 2.24) is 0 Å². The summed E-state index contributed by atoms with van der Waals surface area (Å²) in [6.07, 6.45) is 0. The molecule has 9 heavy (non-hydrogen) atoms. The van der Waals surface area contributed by atoms with Crippen molar-refractivity contribution < 1.29 is 18.1 Å². The summed E-state index contributed by atoms with van der Waals surface area (Å²) in [6, 6.07) is 0. The summed E-state index contributed by atoms with van der Waals surface area (Å²) in [7, 11) is -4.15. The van der Waals surface area contributed by atoms with Gasteiger partial charge in [-0.15, -0.1) is 0 Å². The maximum atomic E-state index is 10.1. The van der Waals surface area contributed by atoms with Crippen LogP contribution >= 0.6 is 0 Å². The van der Waals surface area contributed by atoms with Gasteiger partial charge in [0.2, 0.25) is 0 Å². The maximum absolute atomic E-state index is 10.1. The Kier molecular flexibility index (Phi) is 2.22. The van der Waals surface area contributed by atoms with Gasteiger partial charge in [-0.25, -0.2) is 0 Å². The normalized spacial score (nSPS) is 14.9. The van der Waals surface area contributed by atoms with Gasteiger partial charge in [0, 0.05) is 0 Å². The van der Waals surface area contributed by atoms with Crippen LogP contribution in [0.1, 0.15) is 6.92 Å². The van der Waals surface area contributed by atoms with Crippen LogP contribution in [-0.2, 0) is 10.1 Å². The fourth-order valence-corrected chi connectivity index (χ4v) is 0.516. The molecule has 0 radical (unpaired) electrons. The Morgan fingerprint density at radius 3 is 2.00 bits per heavy atom. The zero-order chi connectivity index (χ0) is 7.65. The Bertz CT molecular complexity index is 203. The SMILES string of the molecule is C=C(O)C(C)S(=O)(=O)O. The first-order valence-electron chi connectivity index (χ1n) is 2.19. The molecule has 1 unspecified atom stereocenters. The van der Waals surface area contributed by atoms with Gasteiger partial charge in [0.15, 0.2) is 0 Å². The molecule has 4 nitrogen and oxygen atoms in total. The number of aliphatic hydroxyl groups is 1. The van der Waals surface area contributed by atoms with Crippen molar-refractivity contribution in [2.75, 3.05) is 0 Å². The van der Waals surface area contributed by atoms with Crippen molar-refractivity contribution in [3.8, 4) is 0 Å². The first-order chi connectivity index (χ1) is 3.85. The topological polar surface area (TPSA) is 74.6 Å². The Labute approximate surface area is 53.6 Å². The molecule has 0 aromatic carbocycles. The predicted molar refractivity (Wildman–Crippen MR) is 32.8 cm³/mol. The summed E-state index contributed by atoms with van der Waals surface area (Å²) in [5.41, 5.74) is 0. The van der Waals surface area contributed by atoms with Crippen LogP contribution in [0.2, 0.25) is 0 Å². The molecule has 0 fully saturated rings. The molecule has 0 heterocycles. The maximum Gasteiger partial charge on any atom is 0.274 e. The standard InChI is InChI=1S/C4H8O4S/c1-3(5)4(2)9(6,7)8/h4-5H,1H2,2H3,(H,6,7,8). The van der Waals surface area contributed by atoms with E-state index >= 15 is 0 Å². The van der Waals surface area contributed by atoms with E-state index in [-0.39, 0.29) is 0 Å². The van der Waals surface area contributed by atoms with E-state index in [0.717, 1.165) is 6.92 Å². The van der Waals surface area contributed by atoms with Gasteiger partial charge in [0.25, 0.3) is 10.1 Å². The Morgan fingerprint density at radius 1 is 1.67 bits per heavy atom. The number of rotatable bonds is 2. The van der Waals surface area contributed by atoms with Crippen molar-refractivity contribution in [2.45, 2.75) is 12.2 Å². The van der Waals surface area contributed by atoms with Crippen molar-refractivity contribution in [2.24, 2.45) is 0 Å². The fraction of sp³-hybridized carbons (Fsp3) is 0.500. The van der Waals surface area contributed by atoms with Gasteiger partial charge in [-0.1, -0.05) is 6.58 Å². The van der Waals surface area contributed by atoms with Gasteiger partial charge >= 0.3 is 0 Å². The van der Waals surface area contributed by atoms with Crippen LogP contribution in [0.5, 0.6) is 0 Å². The molecule has 0 aromatic heterocycles. The molecule has 2 N–H and O–H groups in total. The molecule has 0 rings (SSSR count). The van der Waals surface area contributed by atoms with Crippen molar-refractivity contribution in [3.05, 3.63) is 12.3 Å². The average Bonchev–Trinajstić information content (AvgIpc) is 1.62. The summed E-state index contributed by atoms with van der Waals surface area (Å²) in [4.78, 5) is 0. The highest BCUT2D eigenvalue weighted by Gasteiger charge is 2.19. The minimum Gasteiger partial charge on any atom is -0.511 e. The quantitative estimate of drug-likeness (QED) is 0.442. The number of hydrogen-bond acceptors (Lipinski definition) is 3. The minimum atomic E-state index is -4.15. The Morgan fingerprint density at radius 2 is 2.00 bits per heavy atom. The summed E-state index contributed by atoms with van der Waals surface area (Å²) >= 11 is 0. The van der Waals surface area contributed by atoms with Crippen LogP contribution in [0.4, 0.5) is 0 Å². The van der Waals surface area contributed by atoms with E-state index in [2.05, 4.69) is 6.58 Å². The van der Waals surface area contributed by atoms with E-state index in [1.54, 1.807) is 0 Å². The molecule has 0 saturated carbocycles. The molecule has 0 spiro atoms. The lowest BCUT2D eigenvalue weighted by Gasteiger charge is -2.03. The van der Waals surface area contributed by atoms with Crippen LogP contribution < -0.4 is 0 Å². The van der Waals surface area contributed by atoms with Gasteiger partial charge in [-0.2, -0.15) is 8.42 Å². The third-order valence-corrected chi connectivity index (χ3v) is 2.08. The van der Waals surface area contributed by atoms with E-state index in [1.807, 2.05) is 0 Å². The van der Waals surface area contributed by atoms with Gasteiger partial charge in [0.1, 0.15) is 11.0 Å². The molecule has 0 amide bonds. The fourth-order valence-electron chi connectivity index (χ4n) is 0.172. The molecular weight excluding hydrogens is 144 g/mol. The lowest BCUT2D eigenvalue weighted by Crippen LogP contribution is -2.17. The third-order valence-electron chi connectivity index (χ3n) is 0.916. The van der Waals surface area contributed by atoms with Crippen molar-refractivity contribution >= 4 is 10.1 Å². The van der Waals surface area contributed by atoms with E-state index in [9.17, 15) is 8.42 Å². The summed E-state index contributed by atoms with van der Waals surface area (Å²) < 4.78 is 28.4. The van der Waals surface area contributed by atoms with E-state index < -0.39 is 21.1 Å². The van der Waals surface area contributed by atoms with E-state index in [0.29, 0.717) is 0 Å². The predicted octanol–water partition coefficient (Wildman–Crippen LogP) is 0.334. The van der Waals surface area contributed by atoms with E-state index in [1.165, 1.54) is 0 Å². The van der Waals surface area contributed by atoms with Gasteiger partial charge in [-0.05, 0) is 6.92 Å². The first kappa shape index (κ1) is 8.45. The molecule has 0 aromatic rings. The molecule has 0 aliphatic rings. The second-order valence-corrected chi connectivity index (χ2v) is 3.39. The van der Waals surface area contributed by atoms with Crippen LogP contribution in [-0.4, -0.2) is 23.3 Å². The van der Waals surface area contributed by atoms with Crippen molar-refractivity contribution in [3.63, 3.8) is 0 Å². The summed E-state index contributed by atoms with van der Waals surface area (Å²) in [6.45, 7) is 4.07. The monoisotopic (exact) mass is 152 g/mol. The highest BCUT2D eigenvalue weighted by Crippen LogP contribution is 2.03. The van der Waals surface area contributed by atoms with Crippen molar-refractivity contribution in [1.29, 1.82) is 0 Å². The summed E-state index contributed by atoms with van der Waals surface area (Å²) in [5, 5.41) is 7.13. The lowest BCUT2D eigenvalue weighted by molar-refractivity contribution is 0.384. The summed E-state index contributed by atoms with van der Waals surface area (Å²) in [5.74, 6) is -0.558. The zero-order valence-electron chi connectivity index (χ0n) is 4.90.